The summed E-state index contributed by atoms with van der Waals surface area (Å²) in [6.45, 7) is 0. The molecule has 29 valence electrons. The van der Waals surface area contributed by atoms with Crippen molar-refractivity contribution in [1.82, 2.24) is 0 Å². The Morgan fingerprint density at radius 3 is 1.20 bits per heavy atom. The zero-order valence-electron chi connectivity index (χ0n) is 4.40. The quantitative estimate of drug-likeness (QED) is 0.533. The van der Waals surface area contributed by atoms with Crippen LogP contribution in [0.3, 0.4) is 0 Å². The molecule has 1 nitrogen and oxygen atoms in total. The topological polar surface area (TPSA) is 28.5 Å². The summed E-state index contributed by atoms with van der Waals surface area (Å²) in [6.07, 6.45) is 0. The fraction of sp³-hybridized carbons (Fsp3) is 0. The molecule has 0 aromatic heterocycles. The second-order valence-corrected chi connectivity index (χ2v) is 0. The predicted octanol–water partition coefficient (Wildman–Crippen LogP) is -0.280. The van der Waals surface area contributed by atoms with E-state index in [2.05, 4.69) is 0 Å². The van der Waals surface area contributed by atoms with Crippen LogP contribution >= 0.6 is 0 Å². The van der Waals surface area contributed by atoms with Crippen molar-refractivity contribution in [2.45, 2.75) is 0 Å². The van der Waals surface area contributed by atoms with E-state index in [1.54, 1.807) is 0 Å². The van der Waals surface area contributed by atoms with Crippen LogP contribution in [0.2, 0.25) is 0 Å². The van der Waals surface area contributed by atoms with Crippen molar-refractivity contribution in [1.29, 1.82) is 0 Å². The molecule has 0 amide bonds. The number of hydrogen-bond donors (Lipinski definition) is 0. The molecule has 3 radical (unpaired) electrons. The van der Waals surface area contributed by atoms with Crippen molar-refractivity contribution in [2.24, 2.45) is 0 Å². The minimum Gasteiger partial charge on any atom is -2.00 e. The third-order valence-electron chi connectivity index (χ3n) is 0. The molecule has 0 aliphatic carbocycles. The molecule has 0 rings (SSSR count). The van der Waals surface area contributed by atoms with E-state index in [-0.39, 0.29) is 123 Å². The van der Waals surface area contributed by atoms with Gasteiger partial charge in [-0.15, -0.1) is 0 Å². The van der Waals surface area contributed by atoms with Gasteiger partial charge in [-0.1, -0.05) is 0 Å². The maximum Gasteiger partial charge on any atom is 2.00 e. The monoisotopic (exact) mass is 359 g/mol. The van der Waals surface area contributed by atoms with Crippen LogP contribution in [0.5, 0.6) is 0 Å². The first-order valence-electron chi connectivity index (χ1n) is 0. The maximum atomic E-state index is 0. The average molecular weight is 358 g/mol. The van der Waals surface area contributed by atoms with Gasteiger partial charge >= 0.3 is 62.6 Å². The first-order chi connectivity index (χ1) is 0. The summed E-state index contributed by atoms with van der Waals surface area (Å²) < 4.78 is 0. The van der Waals surface area contributed by atoms with Crippen molar-refractivity contribution >= 4 is 45.5 Å². The zero-order valence-corrected chi connectivity index (χ0v) is 11.7. The van der Waals surface area contributed by atoms with E-state index < -0.39 is 0 Å². The van der Waals surface area contributed by atoms with Gasteiger partial charge in [0, 0.05) is 52.4 Å². The minimum absolute atomic E-state index is 0. The molecule has 0 atom stereocenters. The molecule has 5 heteroatoms. The summed E-state index contributed by atoms with van der Waals surface area (Å²) in [5.41, 5.74) is 0. The maximum absolute atomic E-state index is 0. The Hall–Kier alpha value is 3.66. The predicted molar refractivity (Wildman–Crippen MR) is 8.66 cm³/mol. The Kier molecular flexibility index (Phi) is 192. The molecule has 0 bridgehead atoms. The number of rotatable bonds is 0. The van der Waals surface area contributed by atoms with Crippen molar-refractivity contribution in [2.75, 3.05) is 0 Å². The molecule has 0 fully saturated rings. The molecular weight excluding hydrogens is 356 g/mol. The number of hydrogen-bond acceptors (Lipinski definition) is 0. The second-order valence-electron chi connectivity index (χ2n) is 0. The SMILES string of the molecule is [Co].[H-].[H-].[La].[Mn+2].[O-2].[Sr+2]. The van der Waals surface area contributed by atoms with Gasteiger partial charge in [0.15, 0.2) is 0 Å². The smallest absolute Gasteiger partial charge is 2.00 e. The Bertz CT molecular complexity index is 17.7. The van der Waals surface area contributed by atoms with E-state index in [1.807, 2.05) is 0 Å². The van der Waals surface area contributed by atoms with Crippen LogP contribution < -0.4 is 0 Å². The summed E-state index contributed by atoms with van der Waals surface area (Å²) in [7, 11) is 0. The molecule has 0 spiro atoms. The summed E-state index contributed by atoms with van der Waals surface area (Å²) >= 11 is 0. The summed E-state index contributed by atoms with van der Waals surface area (Å²) in [5.74, 6) is 0. The van der Waals surface area contributed by atoms with Crippen molar-refractivity contribution < 1.29 is 77.8 Å². The van der Waals surface area contributed by atoms with Gasteiger partial charge in [0.05, 0.1) is 0 Å². The molecule has 0 aliphatic heterocycles. The van der Waals surface area contributed by atoms with Gasteiger partial charge in [0.1, 0.15) is 0 Å². The van der Waals surface area contributed by atoms with Crippen molar-refractivity contribution in [3.05, 3.63) is 0 Å². The third-order valence-corrected chi connectivity index (χ3v) is 0. The molecule has 0 unspecified atom stereocenters. The first-order valence-corrected chi connectivity index (χ1v) is 0. The van der Waals surface area contributed by atoms with Crippen molar-refractivity contribution in [3.8, 4) is 0 Å². The Morgan fingerprint density at radius 1 is 1.20 bits per heavy atom. The molecule has 0 aliphatic rings. The van der Waals surface area contributed by atoms with E-state index in [4.69, 9.17) is 0 Å². The van der Waals surface area contributed by atoms with Crippen LogP contribution in [-0.4, -0.2) is 45.5 Å². The molecule has 0 aromatic rings. The van der Waals surface area contributed by atoms with E-state index >= 15 is 0 Å². The van der Waals surface area contributed by atoms with Crippen LogP contribution in [0.1, 0.15) is 2.85 Å². The van der Waals surface area contributed by atoms with Gasteiger partial charge in [-0.2, -0.15) is 0 Å². The van der Waals surface area contributed by atoms with Gasteiger partial charge in [0.25, 0.3) is 0 Å². The Labute approximate surface area is 120 Å². The Morgan fingerprint density at radius 2 is 1.20 bits per heavy atom. The van der Waals surface area contributed by atoms with Crippen molar-refractivity contribution in [3.63, 3.8) is 0 Å². The average Bonchev–Trinajstić information content (AvgIpc) is 0. The van der Waals surface area contributed by atoms with E-state index in [1.165, 1.54) is 0 Å². The minimum atomic E-state index is 0. The fourth-order valence-electron chi connectivity index (χ4n) is 0. The molecule has 0 N–H and O–H groups in total. The van der Waals surface area contributed by atoms with Crippen LogP contribution in [-0.2, 0) is 39.3 Å². The van der Waals surface area contributed by atoms with E-state index in [9.17, 15) is 0 Å². The van der Waals surface area contributed by atoms with Crippen LogP contribution in [0, 0.1) is 35.6 Å². The molecular formula is H2CoLaMnOSr. The summed E-state index contributed by atoms with van der Waals surface area (Å²) in [5, 5.41) is 0. The van der Waals surface area contributed by atoms with Gasteiger partial charge in [-0.25, -0.2) is 0 Å². The van der Waals surface area contributed by atoms with Gasteiger partial charge in [-0.3, -0.25) is 0 Å². The Balaban J connectivity index is 0. The van der Waals surface area contributed by atoms with Crippen LogP contribution in [0.25, 0.3) is 0 Å². The van der Waals surface area contributed by atoms with E-state index in [0.717, 1.165) is 0 Å². The van der Waals surface area contributed by atoms with Crippen LogP contribution in [0.15, 0.2) is 0 Å². The van der Waals surface area contributed by atoms with E-state index in [0.29, 0.717) is 0 Å². The van der Waals surface area contributed by atoms with Gasteiger partial charge < -0.3 is 8.33 Å². The third kappa shape index (κ3) is 18.3. The molecule has 0 aromatic carbocycles. The van der Waals surface area contributed by atoms with Crippen LogP contribution in [0.4, 0.5) is 0 Å². The molecule has 5 heavy (non-hydrogen) atoms. The largest absolute Gasteiger partial charge is 2.00 e. The summed E-state index contributed by atoms with van der Waals surface area (Å²) in [4.78, 5) is 0. The van der Waals surface area contributed by atoms with Gasteiger partial charge in [0.2, 0.25) is 0 Å². The molecule has 0 saturated carbocycles. The standard InChI is InChI=1S/Co.La.Mn.O.Sr.2H/q;;+2;-2;+2;2*-1. The molecule has 0 heterocycles. The first kappa shape index (κ1) is 37.9. The summed E-state index contributed by atoms with van der Waals surface area (Å²) in [6, 6.07) is 0. The normalized spacial score (nSPS) is 0. The van der Waals surface area contributed by atoms with Gasteiger partial charge in [-0.05, 0) is 0 Å². The fourth-order valence-corrected chi connectivity index (χ4v) is 0. The zero-order chi connectivity index (χ0) is 0. The second kappa shape index (κ2) is 25.4. The molecule has 0 saturated heterocycles.